The molecule has 0 bridgehead atoms. The number of aliphatic hydroxyl groups excluding tert-OH is 1. The van der Waals surface area contributed by atoms with Gasteiger partial charge in [-0.05, 0) is 0 Å². The largest absolute Gasteiger partial charge is 0.363 e. The van der Waals surface area contributed by atoms with E-state index in [1.807, 2.05) is 0 Å². The molecule has 0 atom stereocenters. The average molecular weight is 186 g/mol. The van der Waals surface area contributed by atoms with Crippen LogP contribution in [0.4, 0.5) is 0 Å². The third-order valence-corrected chi connectivity index (χ3v) is 3.06. The number of sulfone groups is 1. The highest BCUT2D eigenvalue weighted by molar-refractivity contribution is 7.92. The normalized spacial score (nSPS) is 14.0. The van der Waals surface area contributed by atoms with Crippen molar-refractivity contribution in [3.8, 4) is 0 Å². The molecule has 68 valence electrons. The summed E-state index contributed by atoms with van der Waals surface area (Å²) in [6.07, 6.45) is -2.72. The fraction of sp³-hybridized carbons (Fsp3) is 1.00. The van der Waals surface area contributed by atoms with E-state index in [2.05, 4.69) is 0 Å². The Morgan fingerprint density at radius 3 is 1.82 bits per heavy atom. The van der Waals surface area contributed by atoms with Crippen LogP contribution in [-0.2, 0) is 9.84 Å². The first-order chi connectivity index (χ1) is 4.75. The zero-order valence-corrected chi connectivity index (χ0v) is 6.61. The van der Waals surface area contributed by atoms with Crippen LogP contribution in [-0.4, -0.2) is 46.0 Å². The molecule has 0 rings (SSSR count). The van der Waals surface area contributed by atoms with E-state index in [1.165, 1.54) is 0 Å². The zero-order chi connectivity index (χ0) is 9.28. The van der Waals surface area contributed by atoms with Crippen molar-refractivity contribution >= 4 is 9.84 Å². The van der Waals surface area contributed by atoms with E-state index in [0.717, 1.165) is 6.92 Å². The predicted octanol–water partition coefficient (Wildman–Crippen LogP) is -2.63. The molecule has 0 heterocycles. The van der Waals surface area contributed by atoms with Gasteiger partial charge >= 0.3 is 5.12 Å². The minimum absolute atomic E-state index is 0.586. The molecule has 0 aromatic heterocycles. The van der Waals surface area contributed by atoms with Crippen molar-refractivity contribution in [1.82, 2.24) is 0 Å². The molecule has 0 aromatic rings. The van der Waals surface area contributed by atoms with Crippen molar-refractivity contribution in [1.29, 1.82) is 0 Å². The molecule has 11 heavy (non-hydrogen) atoms. The van der Waals surface area contributed by atoms with Gasteiger partial charge in [0.05, 0.1) is 5.75 Å². The summed E-state index contributed by atoms with van der Waals surface area (Å²) in [7, 11) is -4.29. The Morgan fingerprint density at radius 2 is 1.73 bits per heavy atom. The van der Waals surface area contributed by atoms with E-state index in [-0.39, 0.29) is 0 Å². The summed E-state index contributed by atoms with van der Waals surface area (Å²) in [5, 5.41) is 30.2. The molecule has 0 saturated heterocycles. The maximum atomic E-state index is 10.6. The molecule has 0 aliphatic heterocycles. The van der Waals surface area contributed by atoms with E-state index in [9.17, 15) is 8.42 Å². The quantitative estimate of drug-likeness (QED) is 0.358. The van der Waals surface area contributed by atoms with Crippen molar-refractivity contribution in [3.05, 3.63) is 0 Å². The van der Waals surface area contributed by atoms with Crippen LogP contribution in [0, 0.1) is 0 Å². The second kappa shape index (κ2) is 3.03. The molecule has 6 nitrogen and oxygen atoms in total. The van der Waals surface area contributed by atoms with Crippen LogP contribution in [0.5, 0.6) is 0 Å². The SMILES string of the molecule is CCS(=O)(=O)C(O)(O)C(O)O. The number of hydrogen-bond acceptors (Lipinski definition) is 6. The average Bonchev–Trinajstić information content (AvgIpc) is 1.87. The highest BCUT2D eigenvalue weighted by atomic mass is 32.2. The lowest BCUT2D eigenvalue weighted by Crippen LogP contribution is -2.49. The van der Waals surface area contributed by atoms with Crippen LogP contribution in [0.15, 0.2) is 0 Å². The summed E-state index contributed by atoms with van der Waals surface area (Å²) in [5.41, 5.74) is 0. The molecule has 7 heteroatoms. The first-order valence-electron chi connectivity index (χ1n) is 2.79. The lowest BCUT2D eigenvalue weighted by Gasteiger charge is -2.21. The maximum Gasteiger partial charge on any atom is 0.321 e. The Bertz CT molecular complexity index is 215. The lowest BCUT2D eigenvalue weighted by atomic mass is 10.6. The first kappa shape index (κ1) is 10.8. The van der Waals surface area contributed by atoms with E-state index < -0.39 is 27.0 Å². The highest BCUT2D eigenvalue weighted by Gasteiger charge is 2.45. The molecule has 0 saturated carbocycles. The van der Waals surface area contributed by atoms with Gasteiger partial charge in [-0.1, -0.05) is 6.92 Å². The number of rotatable bonds is 3. The van der Waals surface area contributed by atoms with Crippen LogP contribution in [0.1, 0.15) is 6.92 Å². The Morgan fingerprint density at radius 1 is 1.36 bits per heavy atom. The van der Waals surface area contributed by atoms with Gasteiger partial charge in [-0.25, -0.2) is 8.42 Å². The molecule has 4 N–H and O–H groups in total. The van der Waals surface area contributed by atoms with E-state index in [1.54, 1.807) is 0 Å². The van der Waals surface area contributed by atoms with Gasteiger partial charge < -0.3 is 20.4 Å². The van der Waals surface area contributed by atoms with Gasteiger partial charge in [-0.15, -0.1) is 0 Å². The fourth-order valence-corrected chi connectivity index (χ4v) is 1.12. The summed E-state index contributed by atoms with van der Waals surface area (Å²) in [6, 6.07) is 0. The fourth-order valence-electron chi connectivity index (χ4n) is 0.373. The van der Waals surface area contributed by atoms with Gasteiger partial charge in [0.25, 0.3) is 0 Å². The smallest absolute Gasteiger partial charge is 0.321 e. The van der Waals surface area contributed by atoms with Gasteiger partial charge in [-0.2, -0.15) is 0 Å². The molecule has 0 fully saturated rings. The molecule has 0 aromatic carbocycles. The molecule has 0 aliphatic rings. The summed E-state index contributed by atoms with van der Waals surface area (Å²) in [5.74, 6) is -0.586. The third-order valence-electron chi connectivity index (χ3n) is 1.17. The monoisotopic (exact) mass is 186 g/mol. The van der Waals surface area contributed by atoms with Crippen LogP contribution in [0.3, 0.4) is 0 Å². The van der Waals surface area contributed by atoms with Crippen LogP contribution >= 0.6 is 0 Å². The second-order valence-electron chi connectivity index (χ2n) is 1.94. The Hall–Kier alpha value is -0.210. The van der Waals surface area contributed by atoms with Gasteiger partial charge in [0.15, 0.2) is 0 Å². The van der Waals surface area contributed by atoms with E-state index in [0.29, 0.717) is 0 Å². The zero-order valence-electron chi connectivity index (χ0n) is 5.80. The van der Waals surface area contributed by atoms with Gasteiger partial charge in [0.1, 0.15) is 0 Å². The van der Waals surface area contributed by atoms with Crippen molar-refractivity contribution in [2.45, 2.75) is 18.3 Å². The molecule has 0 unspecified atom stereocenters. The molecule has 0 amide bonds. The highest BCUT2D eigenvalue weighted by Crippen LogP contribution is 2.14. The Kier molecular flexibility index (Phi) is 2.98. The van der Waals surface area contributed by atoms with Crippen LogP contribution < -0.4 is 0 Å². The minimum Gasteiger partial charge on any atom is -0.363 e. The summed E-state index contributed by atoms with van der Waals surface area (Å²) < 4.78 is 21.3. The predicted molar refractivity (Wildman–Crippen MR) is 34.9 cm³/mol. The third kappa shape index (κ3) is 1.88. The minimum atomic E-state index is -4.29. The maximum absolute atomic E-state index is 10.6. The molecule has 0 spiro atoms. The van der Waals surface area contributed by atoms with Crippen LogP contribution in [0.2, 0.25) is 0 Å². The standard InChI is InChI=1S/C4H10O6S/c1-2-11(9,10)4(7,8)3(5)6/h3,5-8H,2H2,1H3. The molecule has 0 aliphatic carbocycles. The summed E-state index contributed by atoms with van der Waals surface area (Å²) in [6.45, 7) is 1.15. The lowest BCUT2D eigenvalue weighted by molar-refractivity contribution is -0.236. The van der Waals surface area contributed by atoms with Gasteiger partial charge in [0.2, 0.25) is 16.1 Å². The topological polar surface area (TPSA) is 115 Å². The van der Waals surface area contributed by atoms with Crippen molar-refractivity contribution in [2.75, 3.05) is 5.75 Å². The Balaban J connectivity index is 4.85. The van der Waals surface area contributed by atoms with Crippen LogP contribution in [0.25, 0.3) is 0 Å². The van der Waals surface area contributed by atoms with Gasteiger partial charge in [-0.3, -0.25) is 0 Å². The van der Waals surface area contributed by atoms with E-state index in [4.69, 9.17) is 20.4 Å². The summed E-state index contributed by atoms with van der Waals surface area (Å²) >= 11 is 0. The van der Waals surface area contributed by atoms with Crippen molar-refractivity contribution in [2.24, 2.45) is 0 Å². The van der Waals surface area contributed by atoms with Gasteiger partial charge in [0, 0.05) is 0 Å². The number of aliphatic hydroxyl groups is 4. The molecule has 0 radical (unpaired) electrons. The van der Waals surface area contributed by atoms with E-state index >= 15 is 0 Å². The second-order valence-corrected chi connectivity index (χ2v) is 4.34. The van der Waals surface area contributed by atoms with Crippen molar-refractivity contribution < 1.29 is 28.8 Å². The molecular formula is C4H10O6S. The molecular weight excluding hydrogens is 176 g/mol. The first-order valence-corrected chi connectivity index (χ1v) is 4.44. The Labute approximate surface area is 63.6 Å². The summed E-state index contributed by atoms with van der Waals surface area (Å²) in [4.78, 5) is 0. The van der Waals surface area contributed by atoms with Crippen molar-refractivity contribution in [3.63, 3.8) is 0 Å². The number of hydrogen-bond donors (Lipinski definition) is 4.